The number of hydrazine groups is 1. The molecule has 1 heterocycles. The molecule has 122 valence electrons. The van der Waals surface area contributed by atoms with Crippen LogP contribution in [0.3, 0.4) is 0 Å². The second-order valence-electron chi connectivity index (χ2n) is 4.77. The molecule has 2 rings (SSSR count). The van der Waals surface area contributed by atoms with E-state index in [0.29, 0.717) is 12.3 Å². The number of nitro groups is 1. The largest absolute Gasteiger partial charge is 0.494 e. The van der Waals surface area contributed by atoms with Gasteiger partial charge >= 0.3 is 5.69 Å². The zero-order chi connectivity index (χ0) is 16.8. The highest BCUT2D eigenvalue weighted by Crippen LogP contribution is 2.31. The van der Waals surface area contributed by atoms with Crippen LogP contribution in [0.5, 0.6) is 5.75 Å². The number of nitrogens with one attached hydrogen (secondary N) is 2. The minimum Gasteiger partial charge on any atom is -0.494 e. The van der Waals surface area contributed by atoms with Crippen molar-refractivity contribution >= 4 is 23.0 Å². The van der Waals surface area contributed by atoms with Gasteiger partial charge in [-0.05, 0) is 31.2 Å². The first kappa shape index (κ1) is 16.4. The van der Waals surface area contributed by atoms with Crippen LogP contribution >= 0.6 is 0 Å². The van der Waals surface area contributed by atoms with E-state index in [1.54, 1.807) is 43.4 Å². The summed E-state index contributed by atoms with van der Waals surface area (Å²) in [5.74, 6) is 0.951. The molecule has 0 unspecified atom stereocenters. The third-order valence-electron chi connectivity index (χ3n) is 2.76. The van der Waals surface area contributed by atoms with Crippen LogP contribution < -0.4 is 15.5 Å². The van der Waals surface area contributed by atoms with Gasteiger partial charge in [-0.2, -0.15) is 0 Å². The molecule has 2 aromatic rings. The Hall–Kier alpha value is -2.94. The van der Waals surface area contributed by atoms with E-state index in [1.807, 2.05) is 6.92 Å². The number of anilines is 3. The number of aromatic nitrogens is 2. The molecule has 0 bridgehead atoms. The van der Waals surface area contributed by atoms with Crippen molar-refractivity contribution in [3.63, 3.8) is 0 Å². The van der Waals surface area contributed by atoms with E-state index in [9.17, 15) is 10.1 Å². The van der Waals surface area contributed by atoms with E-state index in [2.05, 4.69) is 20.7 Å². The average Bonchev–Trinajstić information content (AvgIpc) is 2.49. The summed E-state index contributed by atoms with van der Waals surface area (Å²) in [7, 11) is 3.43. The molecular weight excluding hydrogens is 300 g/mol. The van der Waals surface area contributed by atoms with Crippen LogP contribution in [-0.2, 0) is 0 Å². The Bertz CT molecular complexity index is 675. The molecule has 23 heavy (non-hydrogen) atoms. The Morgan fingerprint density at radius 3 is 2.43 bits per heavy atom. The molecule has 0 aliphatic carbocycles. The number of hydrogen-bond donors (Lipinski definition) is 2. The van der Waals surface area contributed by atoms with E-state index < -0.39 is 4.92 Å². The van der Waals surface area contributed by atoms with Gasteiger partial charge in [-0.25, -0.2) is 15.0 Å². The number of ether oxygens (including phenoxy) is 1. The summed E-state index contributed by atoms with van der Waals surface area (Å²) in [6.07, 6.45) is 1.26. The quantitative estimate of drug-likeness (QED) is 0.592. The molecule has 0 saturated heterocycles. The van der Waals surface area contributed by atoms with Crippen molar-refractivity contribution in [2.45, 2.75) is 6.92 Å². The second kappa shape index (κ2) is 7.36. The first-order valence-corrected chi connectivity index (χ1v) is 6.94. The van der Waals surface area contributed by atoms with Gasteiger partial charge < -0.3 is 10.1 Å². The minimum atomic E-state index is -0.525. The Labute approximate surface area is 133 Å². The van der Waals surface area contributed by atoms with Crippen LogP contribution in [0.15, 0.2) is 30.6 Å². The van der Waals surface area contributed by atoms with E-state index in [1.165, 1.54) is 6.33 Å². The van der Waals surface area contributed by atoms with Crippen LogP contribution in [0.25, 0.3) is 0 Å². The lowest BCUT2D eigenvalue weighted by molar-refractivity contribution is -0.383. The van der Waals surface area contributed by atoms with Crippen molar-refractivity contribution in [1.82, 2.24) is 15.0 Å². The topological polar surface area (TPSA) is 105 Å². The van der Waals surface area contributed by atoms with Crippen molar-refractivity contribution in [3.05, 3.63) is 40.7 Å². The van der Waals surface area contributed by atoms with Crippen molar-refractivity contribution in [2.24, 2.45) is 0 Å². The Balaban J connectivity index is 2.29. The predicted molar refractivity (Wildman–Crippen MR) is 86.9 cm³/mol. The molecule has 0 saturated carbocycles. The lowest BCUT2D eigenvalue weighted by Gasteiger charge is -2.14. The standard InChI is InChI=1S/C14H18N6O3/c1-4-23-11-7-5-10(6-8-11)17-13-12(20(21)22)14(16-9-15-13)18-19(2)3/h5-9H,4H2,1-3H3,(H2,15,16,17,18). The molecule has 1 aromatic heterocycles. The monoisotopic (exact) mass is 318 g/mol. The Kier molecular flexibility index (Phi) is 5.26. The molecule has 0 radical (unpaired) electrons. The third kappa shape index (κ3) is 4.27. The van der Waals surface area contributed by atoms with Crippen LogP contribution in [0.2, 0.25) is 0 Å². The smallest absolute Gasteiger partial charge is 0.354 e. The minimum absolute atomic E-state index is 0.110. The lowest BCUT2D eigenvalue weighted by atomic mass is 10.3. The molecule has 0 spiro atoms. The van der Waals surface area contributed by atoms with Crippen molar-refractivity contribution in [3.8, 4) is 5.75 Å². The fourth-order valence-corrected chi connectivity index (χ4v) is 1.87. The lowest BCUT2D eigenvalue weighted by Crippen LogP contribution is -2.21. The van der Waals surface area contributed by atoms with Gasteiger partial charge in [-0.1, -0.05) is 0 Å². The maximum atomic E-state index is 11.4. The van der Waals surface area contributed by atoms with Gasteiger partial charge in [0.1, 0.15) is 12.1 Å². The fraction of sp³-hybridized carbons (Fsp3) is 0.286. The Morgan fingerprint density at radius 2 is 1.87 bits per heavy atom. The molecular formula is C14H18N6O3. The Morgan fingerprint density at radius 1 is 1.22 bits per heavy atom. The van der Waals surface area contributed by atoms with Gasteiger partial charge in [0, 0.05) is 19.8 Å². The highest BCUT2D eigenvalue weighted by molar-refractivity contribution is 5.73. The van der Waals surface area contributed by atoms with Gasteiger partial charge in [-0.3, -0.25) is 15.5 Å². The van der Waals surface area contributed by atoms with Gasteiger partial charge in [0.15, 0.2) is 0 Å². The first-order chi connectivity index (χ1) is 11.0. The highest BCUT2D eigenvalue weighted by atomic mass is 16.6. The number of hydrogen-bond acceptors (Lipinski definition) is 8. The predicted octanol–water partition coefficient (Wildman–Crippen LogP) is 2.42. The van der Waals surface area contributed by atoms with Gasteiger partial charge in [0.05, 0.1) is 11.5 Å². The van der Waals surface area contributed by atoms with E-state index >= 15 is 0 Å². The summed E-state index contributed by atoms with van der Waals surface area (Å²) in [6.45, 7) is 2.47. The zero-order valence-corrected chi connectivity index (χ0v) is 13.1. The van der Waals surface area contributed by atoms with E-state index in [4.69, 9.17) is 4.74 Å². The maximum Gasteiger partial charge on any atom is 0.354 e. The summed E-state index contributed by atoms with van der Waals surface area (Å²) in [5.41, 5.74) is 3.22. The van der Waals surface area contributed by atoms with Crippen molar-refractivity contribution < 1.29 is 9.66 Å². The normalized spacial score (nSPS) is 10.4. The molecule has 0 amide bonds. The van der Waals surface area contributed by atoms with Gasteiger partial charge in [0.25, 0.3) is 0 Å². The SMILES string of the molecule is CCOc1ccc(Nc2ncnc(NN(C)C)c2[N+](=O)[O-])cc1. The van der Waals surface area contributed by atoms with Gasteiger partial charge in [-0.15, -0.1) is 0 Å². The number of benzene rings is 1. The van der Waals surface area contributed by atoms with Crippen LogP contribution in [0.1, 0.15) is 6.92 Å². The van der Waals surface area contributed by atoms with Crippen LogP contribution in [0.4, 0.5) is 23.0 Å². The molecule has 0 fully saturated rings. The molecule has 1 aromatic carbocycles. The van der Waals surface area contributed by atoms with E-state index in [0.717, 1.165) is 5.75 Å². The van der Waals surface area contributed by atoms with E-state index in [-0.39, 0.29) is 17.3 Å². The first-order valence-electron chi connectivity index (χ1n) is 6.94. The van der Waals surface area contributed by atoms with Crippen molar-refractivity contribution in [2.75, 3.05) is 31.4 Å². The average molecular weight is 318 g/mol. The molecule has 9 heteroatoms. The fourth-order valence-electron chi connectivity index (χ4n) is 1.87. The number of nitrogens with zero attached hydrogens (tertiary/aromatic N) is 4. The zero-order valence-electron chi connectivity index (χ0n) is 13.1. The summed E-state index contributed by atoms with van der Waals surface area (Å²) in [5, 5.41) is 15.9. The molecule has 0 aliphatic rings. The molecule has 9 nitrogen and oxygen atoms in total. The number of rotatable bonds is 7. The molecule has 2 N–H and O–H groups in total. The summed E-state index contributed by atoms with van der Waals surface area (Å²) in [4.78, 5) is 18.7. The van der Waals surface area contributed by atoms with Gasteiger partial charge in [0.2, 0.25) is 11.6 Å². The molecule has 0 atom stereocenters. The van der Waals surface area contributed by atoms with Crippen LogP contribution in [-0.4, -0.2) is 40.6 Å². The second-order valence-corrected chi connectivity index (χ2v) is 4.77. The summed E-state index contributed by atoms with van der Waals surface area (Å²) in [6, 6.07) is 7.07. The third-order valence-corrected chi connectivity index (χ3v) is 2.76. The van der Waals surface area contributed by atoms with Crippen LogP contribution in [0, 0.1) is 10.1 Å². The molecule has 0 aliphatic heterocycles. The highest BCUT2D eigenvalue weighted by Gasteiger charge is 2.23. The van der Waals surface area contributed by atoms with Crippen molar-refractivity contribution in [1.29, 1.82) is 0 Å². The maximum absolute atomic E-state index is 11.4. The summed E-state index contributed by atoms with van der Waals surface area (Å²) < 4.78 is 5.36. The summed E-state index contributed by atoms with van der Waals surface area (Å²) >= 11 is 0.